The summed E-state index contributed by atoms with van der Waals surface area (Å²) in [5.74, 6) is -0.112. The third-order valence-electron chi connectivity index (χ3n) is 4.91. The molecule has 0 saturated heterocycles. The molecule has 0 saturated carbocycles. The van der Waals surface area contributed by atoms with Crippen molar-refractivity contribution < 1.29 is 9.53 Å². The van der Waals surface area contributed by atoms with E-state index in [9.17, 15) is 4.79 Å². The van der Waals surface area contributed by atoms with Crippen LogP contribution in [0.4, 0.5) is 5.82 Å². The van der Waals surface area contributed by atoms with E-state index in [0.717, 1.165) is 21.8 Å². The second kappa shape index (κ2) is 9.06. The van der Waals surface area contributed by atoms with E-state index in [1.807, 2.05) is 79.9 Å². The Balaban J connectivity index is 1.91. The fourth-order valence-electron chi connectivity index (χ4n) is 3.38. The minimum absolute atomic E-state index is 0.158. The molecule has 0 aliphatic rings. The molecule has 1 atom stereocenters. The highest BCUT2D eigenvalue weighted by Crippen LogP contribution is 2.37. The van der Waals surface area contributed by atoms with Crippen LogP contribution in [-0.2, 0) is 4.74 Å². The molecule has 4 aromatic rings. The Hall–Kier alpha value is -3.58. The maximum Gasteiger partial charge on any atom is 0.342 e. The molecule has 6 nitrogen and oxygen atoms in total. The van der Waals surface area contributed by atoms with Crippen molar-refractivity contribution >= 4 is 23.1 Å². The molecule has 0 fully saturated rings. The van der Waals surface area contributed by atoms with Crippen LogP contribution in [0.2, 0.25) is 0 Å². The van der Waals surface area contributed by atoms with Gasteiger partial charge in [0.2, 0.25) is 0 Å². The first-order chi connectivity index (χ1) is 15.1. The molecular weight excluding hydrogens is 408 g/mol. The lowest BCUT2D eigenvalue weighted by Gasteiger charge is -2.19. The zero-order chi connectivity index (χ0) is 21.8. The Morgan fingerprint density at radius 3 is 2.23 bits per heavy atom. The Kier molecular flexibility index (Phi) is 6.04. The first-order valence-electron chi connectivity index (χ1n) is 9.87. The van der Waals surface area contributed by atoms with Gasteiger partial charge in [0.05, 0.1) is 23.9 Å². The summed E-state index contributed by atoms with van der Waals surface area (Å²) >= 11 is 1.58. The molecule has 156 valence electrons. The molecule has 1 N–H and O–H groups in total. The van der Waals surface area contributed by atoms with Gasteiger partial charge in [0.1, 0.15) is 11.3 Å². The van der Waals surface area contributed by atoms with Gasteiger partial charge in [-0.05, 0) is 19.4 Å². The van der Waals surface area contributed by atoms with Crippen LogP contribution < -0.4 is 5.32 Å². The monoisotopic (exact) mass is 430 g/mol. The molecule has 0 aliphatic carbocycles. The first kappa shape index (κ1) is 20.7. The second-order valence-corrected chi connectivity index (χ2v) is 8.09. The summed E-state index contributed by atoms with van der Waals surface area (Å²) in [6.45, 7) is 3.94. The number of carbonyl (C=O) groups is 1. The fourth-order valence-corrected chi connectivity index (χ4v) is 4.09. The number of nitrogens with zero attached hydrogens (tertiary/aromatic N) is 3. The molecule has 0 amide bonds. The lowest BCUT2D eigenvalue weighted by Crippen LogP contribution is -2.16. The Bertz CT molecular complexity index is 1190. The number of nitrogens with one attached hydrogen (secondary N) is 1. The zero-order valence-electron chi connectivity index (χ0n) is 17.5. The lowest BCUT2D eigenvalue weighted by molar-refractivity contribution is 0.0602. The highest BCUT2D eigenvalue weighted by Gasteiger charge is 2.26. The van der Waals surface area contributed by atoms with Crippen molar-refractivity contribution in [1.29, 1.82) is 0 Å². The van der Waals surface area contributed by atoms with Crippen LogP contribution in [0.3, 0.4) is 0 Å². The normalized spacial score (nSPS) is 11.7. The molecule has 0 spiro atoms. The number of hydrogen-bond donors (Lipinski definition) is 1. The maximum atomic E-state index is 13.0. The van der Waals surface area contributed by atoms with Crippen molar-refractivity contribution in [3.05, 3.63) is 82.3 Å². The highest BCUT2D eigenvalue weighted by atomic mass is 32.1. The van der Waals surface area contributed by atoms with Gasteiger partial charge in [0.15, 0.2) is 5.82 Å². The number of rotatable bonds is 6. The fraction of sp³-hybridized carbons (Fsp3) is 0.167. The van der Waals surface area contributed by atoms with E-state index in [4.69, 9.17) is 4.74 Å². The van der Waals surface area contributed by atoms with Gasteiger partial charge >= 0.3 is 5.97 Å². The maximum absolute atomic E-state index is 13.0. The Morgan fingerprint density at radius 1 is 1.00 bits per heavy atom. The van der Waals surface area contributed by atoms with Gasteiger partial charge in [-0.2, -0.15) is 0 Å². The zero-order valence-corrected chi connectivity index (χ0v) is 18.3. The average Bonchev–Trinajstić information content (AvgIpc) is 3.26. The van der Waals surface area contributed by atoms with Crippen LogP contribution in [0.1, 0.15) is 34.0 Å². The minimum Gasteiger partial charge on any atom is -0.465 e. The molecule has 7 heteroatoms. The lowest BCUT2D eigenvalue weighted by atomic mass is 9.95. The topological polar surface area (TPSA) is 77.0 Å². The van der Waals surface area contributed by atoms with E-state index in [1.165, 1.54) is 7.11 Å². The number of thiazole rings is 1. The third kappa shape index (κ3) is 4.32. The van der Waals surface area contributed by atoms with Crippen molar-refractivity contribution in [2.24, 2.45) is 0 Å². The van der Waals surface area contributed by atoms with Crippen LogP contribution in [0.15, 0.2) is 66.0 Å². The standard InChI is InChI=1S/C24H22N4O2S/c1-15(19-14-31-16(2)26-19)25-23-21(24(29)30-3)20(17-10-6-4-7-11-17)22(27-28-23)18-12-8-5-9-13-18/h4-15H,1-3H3,(H,25,28). The van der Waals surface area contributed by atoms with Crippen LogP contribution >= 0.6 is 11.3 Å². The van der Waals surface area contributed by atoms with Crippen molar-refractivity contribution in [1.82, 2.24) is 15.2 Å². The van der Waals surface area contributed by atoms with Gasteiger partial charge in [-0.1, -0.05) is 60.7 Å². The van der Waals surface area contributed by atoms with Crippen molar-refractivity contribution in [2.75, 3.05) is 12.4 Å². The molecule has 2 aromatic carbocycles. The predicted octanol–water partition coefficient (Wildman–Crippen LogP) is 5.54. The van der Waals surface area contributed by atoms with Crippen LogP contribution in [0.25, 0.3) is 22.4 Å². The molecule has 4 rings (SSSR count). The van der Waals surface area contributed by atoms with Gasteiger partial charge in [-0.15, -0.1) is 21.5 Å². The summed E-state index contributed by atoms with van der Waals surface area (Å²) in [5.41, 5.74) is 4.26. The number of benzene rings is 2. The smallest absolute Gasteiger partial charge is 0.342 e. The molecule has 31 heavy (non-hydrogen) atoms. The number of anilines is 1. The Morgan fingerprint density at radius 2 is 1.65 bits per heavy atom. The van der Waals surface area contributed by atoms with Crippen LogP contribution in [0, 0.1) is 6.92 Å². The largest absolute Gasteiger partial charge is 0.465 e. The molecule has 1 unspecified atom stereocenters. The van der Waals surface area contributed by atoms with E-state index in [-0.39, 0.29) is 6.04 Å². The molecule has 0 bridgehead atoms. The SMILES string of the molecule is COC(=O)c1c(NC(C)c2csc(C)n2)nnc(-c2ccccc2)c1-c1ccccc1. The van der Waals surface area contributed by atoms with Crippen molar-refractivity contribution in [3.8, 4) is 22.4 Å². The third-order valence-corrected chi connectivity index (χ3v) is 5.70. The summed E-state index contributed by atoms with van der Waals surface area (Å²) in [5, 5.41) is 15.2. The van der Waals surface area contributed by atoms with Gasteiger partial charge < -0.3 is 10.1 Å². The Labute approximate surface area is 185 Å². The van der Waals surface area contributed by atoms with E-state index < -0.39 is 5.97 Å². The molecular formula is C24H22N4O2S. The van der Waals surface area contributed by atoms with Crippen LogP contribution in [-0.4, -0.2) is 28.3 Å². The molecule has 0 aliphatic heterocycles. The second-order valence-electron chi connectivity index (χ2n) is 7.03. The van der Waals surface area contributed by atoms with Gasteiger partial charge in [-0.25, -0.2) is 9.78 Å². The molecule has 0 radical (unpaired) electrons. The number of hydrogen-bond acceptors (Lipinski definition) is 7. The number of aromatic nitrogens is 3. The summed E-state index contributed by atoms with van der Waals surface area (Å²) in [4.78, 5) is 17.5. The number of carbonyl (C=O) groups excluding carboxylic acids is 1. The molecule has 2 heterocycles. The number of aryl methyl sites for hydroxylation is 1. The number of ether oxygens (including phenoxy) is 1. The van der Waals surface area contributed by atoms with Gasteiger partial charge in [0, 0.05) is 16.5 Å². The highest BCUT2D eigenvalue weighted by molar-refractivity contribution is 7.09. The summed E-state index contributed by atoms with van der Waals surface area (Å²) in [6.07, 6.45) is 0. The molecule has 2 aromatic heterocycles. The van der Waals surface area contributed by atoms with Gasteiger partial charge in [0.25, 0.3) is 0 Å². The van der Waals surface area contributed by atoms with Crippen LogP contribution in [0.5, 0.6) is 0 Å². The minimum atomic E-state index is -0.477. The van der Waals surface area contributed by atoms with E-state index in [0.29, 0.717) is 22.6 Å². The summed E-state index contributed by atoms with van der Waals surface area (Å²) in [6, 6.07) is 19.2. The van der Waals surface area contributed by atoms with Crippen molar-refractivity contribution in [3.63, 3.8) is 0 Å². The van der Waals surface area contributed by atoms with Gasteiger partial charge in [-0.3, -0.25) is 0 Å². The van der Waals surface area contributed by atoms with Crippen molar-refractivity contribution in [2.45, 2.75) is 19.9 Å². The number of methoxy groups -OCH3 is 1. The van der Waals surface area contributed by atoms with E-state index in [1.54, 1.807) is 11.3 Å². The summed E-state index contributed by atoms with van der Waals surface area (Å²) in [7, 11) is 1.37. The quantitative estimate of drug-likeness (QED) is 0.405. The predicted molar refractivity (Wildman–Crippen MR) is 123 cm³/mol. The first-order valence-corrected chi connectivity index (χ1v) is 10.7. The average molecular weight is 431 g/mol. The summed E-state index contributed by atoms with van der Waals surface area (Å²) < 4.78 is 5.16. The number of esters is 1. The van der Waals surface area contributed by atoms with E-state index in [2.05, 4.69) is 20.5 Å². The van der Waals surface area contributed by atoms with E-state index >= 15 is 0 Å².